The van der Waals surface area contributed by atoms with Crippen LogP contribution < -0.4 is 19.7 Å². The summed E-state index contributed by atoms with van der Waals surface area (Å²) in [5.41, 5.74) is 3.07. The number of anilines is 2. The van der Waals surface area contributed by atoms with Crippen molar-refractivity contribution in [2.24, 2.45) is 5.92 Å². The monoisotopic (exact) mass is 440 g/mol. The van der Waals surface area contributed by atoms with Gasteiger partial charge in [-0.05, 0) is 43.5 Å². The van der Waals surface area contributed by atoms with Crippen molar-refractivity contribution in [3.63, 3.8) is 0 Å². The predicted octanol–water partition coefficient (Wildman–Crippen LogP) is 4.46. The summed E-state index contributed by atoms with van der Waals surface area (Å²) in [4.78, 5) is 24.5. The number of carbonyl (C=O) groups excluding carboxylic acids is 1. The summed E-state index contributed by atoms with van der Waals surface area (Å²) < 4.78 is 10.9. The molecule has 4 rings (SSSR count). The number of amides is 1. The van der Waals surface area contributed by atoms with Gasteiger partial charge in [0.15, 0.2) is 5.82 Å². The van der Waals surface area contributed by atoms with Crippen molar-refractivity contribution in [1.29, 1.82) is 0 Å². The molecule has 3 aromatic rings. The zero-order valence-electron chi connectivity index (χ0n) is 17.8. The molecule has 2 aromatic carbocycles. The lowest BCUT2D eigenvalue weighted by atomic mass is 9.97. The van der Waals surface area contributed by atoms with Crippen molar-refractivity contribution in [1.82, 2.24) is 9.97 Å². The molecule has 162 valence electrons. The Bertz CT molecular complexity index is 1120. The van der Waals surface area contributed by atoms with E-state index in [0.717, 1.165) is 36.0 Å². The molecule has 0 radical (unpaired) electrons. The maximum Gasteiger partial charge on any atom is 0.257 e. The lowest BCUT2D eigenvalue weighted by molar-refractivity contribution is -0.120. The molecule has 0 unspecified atom stereocenters. The first kappa shape index (κ1) is 21.2. The van der Waals surface area contributed by atoms with Crippen LogP contribution in [0.1, 0.15) is 18.4 Å². The summed E-state index contributed by atoms with van der Waals surface area (Å²) in [5.74, 6) is 1.41. The van der Waals surface area contributed by atoms with Gasteiger partial charge in [-0.25, -0.2) is 9.97 Å². The maximum absolute atomic E-state index is 13.1. The van der Waals surface area contributed by atoms with Crippen molar-refractivity contribution in [2.45, 2.75) is 19.8 Å². The largest absolute Gasteiger partial charge is 0.495 e. The van der Waals surface area contributed by atoms with E-state index in [1.165, 1.54) is 0 Å². The molecule has 1 amide bonds. The number of benzene rings is 2. The fraction of sp³-hybridized carbons (Fsp3) is 0.348. The van der Waals surface area contributed by atoms with Gasteiger partial charge in [0.1, 0.15) is 5.75 Å². The van der Waals surface area contributed by atoms with Gasteiger partial charge in [0.2, 0.25) is 5.91 Å². The van der Waals surface area contributed by atoms with Crippen molar-refractivity contribution in [3.8, 4) is 11.6 Å². The third-order valence-electron chi connectivity index (χ3n) is 5.55. The summed E-state index contributed by atoms with van der Waals surface area (Å²) in [7, 11) is 3.15. The van der Waals surface area contributed by atoms with Gasteiger partial charge < -0.3 is 19.7 Å². The van der Waals surface area contributed by atoms with Crippen LogP contribution >= 0.6 is 11.6 Å². The van der Waals surface area contributed by atoms with E-state index in [0.29, 0.717) is 34.7 Å². The van der Waals surface area contributed by atoms with Crippen LogP contribution in [0.15, 0.2) is 36.4 Å². The number of nitrogens with zero attached hydrogens (tertiary/aromatic N) is 3. The molecule has 7 nitrogen and oxygen atoms in total. The van der Waals surface area contributed by atoms with Crippen molar-refractivity contribution in [3.05, 3.63) is 47.0 Å². The molecule has 1 fully saturated rings. The smallest absolute Gasteiger partial charge is 0.257 e. The number of methoxy groups -OCH3 is 2. The van der Waals surface area contributed by atoms with Crippen molar-refractivity contribution in [2.75, 3.05) is 37.5 Å². The lowest BCUT2D eigenvalue weighted by Gasteiger charge is -2.33. The minimum absolute atomic E-state index is 0.0579. The number of carbonyl (C=O) groups is 1. The second-order valence-corrected chi connectivity index (χ2v) is 8.03. The Morgan fingerprint density at radius 3 is 2.61 bits per heavy atom. The van der Waals surface area contributed by atoms with Crippen LogP contribution in [0.5, 0.6) is 11.6 Å². The average molecular weight is 441 g/mol. The Kier molecular flexibility index (Phi) is 6.13. The summed E-state index contributed by atoms with van der Waals surface area (Å²) in [6, 6.07) is 11.2. The molecule has 1 N–H and O–H groups in total. The minimum atomic E-state index is -0.201. The van der Waals surface area contributed by atoms with Gasteiger partial charge in [-0.3, -0.25) is 4.79 Å². The average Bonchev–Trinajstić information content (AvgIpc) is 2.80. The van der Waals surface area contributed by atoms with Crippen LogP contribution in [0.3, 0.4) is 0 Å². The van der Waals surface area contributed by atoms with Crippen LogP contribution in [-0.2, 0) is 4.79 Å². The SMILES string of the molecule is COc1cc(Cl)c(C)cc1NC(=O)[C@H]1CCCN(c2nc3ccccc3nc2OC)C1. The highest BCUT2D eigenvalue weighted by Gasteiger charge is 2.29. The molecule has 1 aromatic heterocycles. The quantitative estimate of drug-likeness (QED) is 0.631. The van der Waals surface area contributed by atoms with Crippen LogP contribution in [0, 0.1) is 12.8 Å². The van der Waals surface area contributed by atoms with Gasteiger partial charge in [-0.1, -0.05) is 23.7 Å². The van der Waals surface area contributed by atoms with Gasteiger partial charge in [0.05, 0.1) is 36.9 Å². The Labute approximate surface area is 186 Å². The lowest BCUT2D eigenvalue weighted by Crippen LogP contribution is -2.41. The highest BCUT2D eigenvalue weighted by atomic mass is 35.5. The van der Waals surface area contributed by atoms with Crippen LogP contribution in [-0.4, -0.2) is 43.2 Å². The zero-order chi connectivity index (χ0) is 22.0. The van der Waals surface area contributed by atoms with E-state index < -0.39 is 0 Å². The number of nitrogens with one attached hydrogen (secondary N) is 1. The van der Waals surface area contributed by atoms with E-state index >= 15 is 0 Å². The Hall–Kier alpha value is -3.06. The number of para-hydroxylation sites is 2. The Balaban J connectivity index is 1.56. The molecule has 0 aliphatic carbocycles. The highest BCUT2D eigenvalue weighted by Crippen LogP contribution is 2.33. The van der Waals surface area contributed by atoms with Gasteiger partial charge in [-0.15, -0.1) is 0 Å². The van der Waals surface area contributed by atoms with Gasteiger partial charge in [-0.2, -0.15) is 0 Å². The summed E-state index contributed by atoms with van der Waals surface area (Å²) in [6.45, 7) is 3.21. The molecule has 0 saturated carbocycles. The molecule has 0 bridgehead atoms. The summed E-state index contributed by atoms with van der Waals surface area (Å²) in [6.07, 6.45) is 1.66. The molecule has 1 atom stereocenters. The molecule has 0 spiro atoms. The number of hydrogen-bond donors (Lipinski definition) is 1. The molecule has 1 aliphatic rings. The van der Waals surface area contributed by atoms with Gasteiger partial charge in [0, 0.05) is 24.2 Å². The second kappa shape index (κ2) is 8.98. The number of aromatic nitrogens is 2. The zero-order valence-corrected chi connectivity index (χ0v) is 18.6. The first-order valence-electron chi connectivity index (χ1n) is 10.2. The Morgan fingerprint density at radius 1 is 1.16 bits per heavy atom. The molecular formula is C23H25ClN4O3. The van der Waals surface area contributed by atoms with Gasteiger partial charge >= 0.3 is 0 Å². The first-order chi connectivity index (χ1) is 15.0. The minimum Gasteiger partial charge on any atom is -0.495 e. The topological polar surface area (TPSA) is 76.6 Å². The number of piperidine rings is 1. The standard InChI is InChI=1S/C23H25ClN4O3/c1-14-11-19(20(30-2)12-16(14)24)26-22(29)15-7-6-10-28(13-15)21-23(31-3)27-18-9-5-4-8-17(18)25-21/h4-5,8-9,11-12,15H,6-7,10,13H2,1-3H3,(H,26,29)/t15-/m0/s1. The number of halogens is 1. The van der Waals surface area contributed by atoms with E-state index in [9.17, 15) is 4.79 Å². The number of hydrogen-bond acceptors (Lipinski definition) is 6. The van der Waals surface area contributed by atoms with Crippen molar-refractivity contribution < 1.29 is 14.3 Å². The van der Waals surface area contributed by atoms with Crippen LogP contribution in [0.2, 0.25) is 5.02 Å². The molecule has 31 heavy (non-hydrogen) atoms. The predicted molar refractivity (Wildman–Crippen MR) is 122 cm³/mol. The third kappa shape index (κ3) is 4.37. The Morgan fingerprint density at radius 2 is 1.90 bits per heavy atom. The fourth-order valence-electron chi connectivity index (χ4n) is 3.87. The normalized spacial score (nSPS) is 16.3. The van der Waals surface area contributed by atoms with E-state index in [1.54, 1.807) is 20.3 Å². The number of rotatable bonds is 5. The van der Waals surface area contributed by atoms with Crippen molar-refractivity contribution >= 4 is 40.0 Å². The van der Waals surface area contributed by atoms with E-state index in [2.05, 4.69) is 15.2 Å². The second-order valence-electron chi connectivity index (χ2n) is 7.62. The van der Waals surface area contributed by atoms with E-state index in [-0.39, 0.29) is 11.8 Å². The maximum atomic E-state index is 13.1. The number of aryl methyl sites for hydroxylation is 1. The molecule has 8 heteroatoms. The number of fused-ring (bicyclic) bond motifs is 1. The first-order valence-corrected chi connectivity index (χ1v) is 10.6. The summed E-state index contributed by atoms with van der Waals surface area (Å²) in [5, 5.41) is 3.61. The van der Waals surface area contributed by atoms with Crippen LogP contribution in [0.4, 0.5) is 11.5 Å². The van der Waals surface area contributed by atoms with E-state index in [4.69, 9.17) is 26.1 Å². The fourth-order valence-corrected chi connectivity index (χ4v) is 4.02. The van der Waals surface area contributed by atoms with Crippen LogP contribution in [0.25, 0.3) is 11.0 Å². The third-order valence-corrected chi connectivity index (χ3v) is 5.95. The molecule has 2 heterocycles. The highest BCUT2D eigenvalue weighted by molar-refractivity contribution is 6.31. The van der Waals surface area contributed by atoms with E-state index in [1.807, 2.05) is 37.3 Å². The molecule has 1 saturated heterocycles. The molecular weight excluding hydrogens is 416 g/mol. The molecule has 1 aliphatic heterocycles. The van der Waals surface area contributed by atoms with Gasteiger partial charge in [0.25, 0.3) is 5.88 Å². The summed E-state index contributed by atoms with van der Waals surface area (Å²) >= 11 is 6.18. The number of ether oxygens (including phenoxy) is 2.